The molecule has 0 aromatic heterocycles. The fourth-order valence-corrected chi connectivity index (χ4v) is 1.75. The van der Waals surface area contributed by atoms with Gasteiger partial charge >= 0.3 is 5.97 Å². The third-order valence-corrected chi connectivity index (χ3v) is 2.83. The predicted octanol–water partition coefficient (Wildman–Crippen LogP) is 2.81. The molecule has 1 aromatic carbocycles. The van der Waals surface area contributed by atoms with Crippen molar-refractivity contribution in [1.82, 2.24) is 5.48 Å². The molecule has 0 saturated heterocycles. The first-order valence-electron chi connectivity index (χ1n) is 6.66. The molecule has 0 saturated carbocycles. The van der Waals surface area contributed by atoms with Crippen LogP contribution in [0.15, 0.2) is 12.1 Å². The summed E-state index contributed by atoms with van der Waals surface area (Å²) in [7, 11) is 0. The molecule has 0 aliphatic rings. The number of carboxylic acids is 1. The predicted molar refractivity (Wildman–Crippen MR) is 70.1 cm³/mol. The minimum atomic E-state index is -1.28. The van der Waals surface area contributed by atoms with E-state index in [1.54, 1.807) is 0 Å². The molecule has 1 atom stereocenters. The topological polar surface area (TPSA) is 58.6 Å². The Hall–Kier alpha value is -1.60. The average molecular weight is 305 g/mol. The number of rotatable bonds is 9. The van der Waals surface area contributed by atoms with Crippen molar-refractivity contribution in [1.29, 1.82) is 0 Å². The van der Waals surface area contributed by atoms with Crippen LogP contribution in [0.3, 0.4) is 0 Å². The highest BCUT2D eigenvalue weighted by molar-refractivity contribution is 5.67. The lowest BCUT2D eigenvalue weighted by molar-refractivity contribution is -0.138. The summed E-state index contributed by atoms with van der Waals surface area (Å²) in [5, 5.41) is 8.81. The Bertz CT molecular complexity index is 483. The van der Waals surface area contributed by atoms with Crippen molar-refractivity contribution in [3.8, 4) is 0 Å². The minimum Gasteiger partial charge on any atom is -0.481 e. The van der Waals surface area contributed by atoms with Crippen molar-refractivity contribution in [2.24, 2.45) is 0 Å². The highest BCUT2D eigenvalue weighted by Gasteiger charge is 2.18. The number of halogens is 3. The van der Waals surface area contributed by atoms with Gasteiger partial charge in [-0.15, -0.1) is 0 Å². The summed E-state index contributed by atoms with van der Waals surface area (Å²) in [6.07, 6.45) is 1.24. The summed E-state index contributed by atoms with van der Waals surface area (Å²) < 4.78 is 39.5. The summed E-state index contributed by atoms with van der Waals surface area (Å²) in [6.45, 7) is 2.35. The zero-order valence-corrected chi connectivity index (χ0v) is 11.7. The zero-order valence-electron chi connectivity index (χ0n) is 11.7. The maximum atomic E-state index is 13.5. The van der Waals surface area contributed by atoms with E-state index in [9.17, 15) is 18.0 Å². The number of carboxylic acid groups (broad SMARTS) is 1. The Labute approximate surface area is 120 Å². The highest BCUT2D eigenvalue weighted by atomic mass is 19.2. The number of hydrogen-bond acceptors (Lipinski definition) is 3. The van der Waals surface area contributed by atoms with Crippen molar-refractivity contribution in [2.75, 3.05) is 6.61 Å². The van der Waals surface area contributed by atoms with Crippen molar-refractivity contribution < 1.29 is 27.9 Å². The summed E-state index contributed by atoms with van der Waals surface area (Å²) >= 11 is 0. The van der Waals surface area contributed by atoms with Gasteiger partial charge in [-0.2, -0.15) is 5.48 Å². The molecule has 0 aliphatic carbocycles. The second kappa shape index (κ2) is 8.63. The van der Waals surface area contributed by atoms with Gasteiger partial charge in [-0.05, 0) is 24.5 Å². The van der Waals surface area contributed by atoms with Crippen LogP contribution in [-0.2, 0) is 16.1 Å². The Morgan fingerprint density at radius 1 is 1.29 bits per heavy atom. The first-order valence-corrected chi connectivity index (χ1v) is 6.66. The summed E-state index contributed by atoms with van der Waals surface area (Å²) in [5.74, 6) is -4.47. The molecule has 0 heterocycles. The minimum absolute atomic E-state index is 0.105. The van der Waals surface area contributed by atoms with Gasteiger partial charge in [0.2, 0.25) is 0 Å². The molecule has 7 heteroatoms. The van der Waals surface area contributed by atoms with E-state index in [2.05, 4.69) is 5.48 Å². The van der Waals surface area contributed by atoms with Crippen LogP contribution >= 0.6 is 0 Å². The molecule has 0 fully saturated rings. The molecular formula is C14H18F3NO3. The summed E-state index contributed by atoms with van der Waals surface area (Å²) in [5.41, 5.74) is 2.43. The quantitative estimate of drug-likeness (QED) is 0.418. The van der Waals surface area contributed by atoms with Gasteiger partial charge in [-0.3, -0.25) is 4.79 Å². The van der Waals surface area contributed by atoms with E-state index < -0.39 is 29.5 Å². The van der Waals surface area contributed by atoms with Gasteiger partial charge in [0.25, 0.3) is 0 Å². The van der Waals surface area contributed by atoms with E-state index in [-0.39, 0.29) is 18.4 Å². The standard InChI is InChI=1S/C14H18F3NO3/c1-2-3-4-21-18-10(7-14(19)20)5-9-6-12(16)13(17)8-11(9)15/h6,8,10,18H,2-5,7H2,1H3,(H,19,20)/t10-/m1/s1. The lowest BCUT2D eigenvalue weighted by Crippen LogP contribution is -2.34. The fraction of sp³-hybridized carbons (Fsp3) is 0.500. The number of benzene rings is 1. The molecule has 0 radical (unpaired) electrons. The third kappa shape index (κ3) is 6.14. The first-order chi connectivity index (χ1) is 9.93. The molecule has 1 aromatic rings. The summed E-state index contributed by atoms with van der Waals surface area (Å²) in [6, 6.07) is 0.437. The van der Waals surface area contributed by atoms with Crippen molar-refractivity contribution in [2.45, 2.75) is 38.6 Å². The van der Waals surface area contributed by atoms with Crippen molar-refractivity contribution in [3.05, 3.63) is 35.1 Å². The van der Waals surface area contributed by atoms with Crippen LogP contribution in [0.1, 0.15) is 31.7 Å². The van der Waals surface area contributed by atoms with E-state index in [4.69, 9.17) is 9.94 Å². The van der Waals surface area contributed by atoms with E-state index in [0.29, 0.717) is 12.7 Å². The molecule has 4 nitrogen and oxygen atoms in total. The SMILES string of the molecule is CCCCON[C@@H](CC(=O)O)Cc1cc(F)c(F)cc1F. The fourth-order valence-electron chi connectivity index (χ4n) is 1.75. The Morgan fingerprint density at radius 3 is 2.57 bits per heavy atom. The second-order valence-corrected chi connectivity index (χ2v) is 4.68. The molecule has 2 N–H and O–H groups in total. The van der Waals surface area contributed by atoms with Gasteiger partial charge in [0, 0.05) is 12.1 Å². The number of unbranched alkanes of at least 4 members (excludes halogenated alkanes) is 1. The van der Waals surface area contributed by atoms with Crippen molar-refractivity contribution >= 4 is 5.97 Å². The molecule has 0 aliphatic heterocycles. The smallest absolute Gasteiger partial charge is 0.305 e. The van der Waals surface area contributed by atoms with Crippen LogP contribution in [0.25, 0.3) is 0 Å². The van der Waals surface area contributed by atoms with E-state index in [0.717, 1.165) is 18.9 Å². The average Bonchev–Trinajstić information content (AvgIpc) is 2.40. The van der Waals surface area contributed by atoms with Gasteiger partial charge < -0.3 is 9.94 Å². The largest absolute Gasteiger partial charge is 0.481 e. The van der Waals surface area contributed by atoms with Crippen LogP contribution in [-0.4, -0.2) is 23.7 Å². The molecule has 0 bridgehead atoms. The maximum Gasteiger partial charge on any atom is 0.305 e. The van der Waals surface area contributed by atoms with E-state index >= 15 is 0 Å². The monoisotopic (exact) mass is 305 g/mol. The molecule has 21 heavy (non-hydrogen) atoms. The van der Waals surface area contributed by atoms with Gasteiger partial charge in [0.05, 0.1) is 13.0 Å². The molecular weight excluding hydrogens is 287 g/mol. The Kier molecular flexibility index (Phi) is 7.18. The molecule has 1 rings (SSSR count). The van der Waals surface area contributed by atoms with Crippen LogP contribution in [0.5, 0.6) is 0 Å². The zero-order chi connectivity index (χ0) is 15.8. The van der Waals surface area contributed by atoms with Crippen LogP contribution < -0.4 is 5.48 Å². The summed E-state index contributed by atoms with van der Waals surface area (Å²) in [4.78, 5) is 15.9. The van der Waals surface area contributed by atoms with E-state index in [1.165, 1.54) is 0 Å². The second-order valence-electron chi connectivity index (χ2n) is 4.68. The normalized spacial score (nSPS) is 12.4. The number of hydrogen-bond donors (Lipinski definition) is 2. The van der Waals surface area contributed by atoms with Crippen LogP contribution in [0.4, 0.5) is 13.2 Å². The number of carbonyl (C=O) groups is 1. The molecule has 0 amide bonds. The molecule has 0 unspecified atom stereocenters. The Balaban J connectivity index is 2.71. The van der Waals surface area contributed by atoms with Crippen LogP contribution in [0.2, 0.25) is 0 Å². The maximum absolute atomic E-state index is 13.5. The number of nitrogens with one attached hydrogen (secondary N) is 1. The van der Waals surface area contributed by atoms with Gasteiger partial charge in [0.1, 0.15) is 5.82 Å². The Morgan fingerprint density at radius 2 is 1.95 bits per heavy atom. The van der Waals surface area contributed by atoms with Gasteiger partial charge in [-0.25, -0.2) is 13.2 Å². The number of aliphatic carboxylic acids is 1. The first kappa shape index (κ1) is 17.5. The van der Waals surface area contributed by atoms with Gasteiger partial charge in [0.15, 0.2) is 11.6 Å². The van der Waals surface area contributed by atoms with Gasteiger partial charge in [-0.1, -0.05) is 13.3 Å². The molecule has 118 valence electrons. The lowest BCUT2D eigenvalue weighted by Gasteiger charge is -2.17. The van der Waals surface area contributed by atoms with E-state index in [1.807, 2.05) is 6.92 Å². The lowest BCUT2D eigenvalue weighted by atomic mass is 10.0. The highest BCUT2D eigenvalue weighted by Crippen LogP contribution is 2.16. The van der Waals surface area contributed by atoms with Crippen molar-refractivity contribution in [3.63, 3.8) is 0 Å². The third-order valence-electron chi connectivity index (χ3n) is 2.83. The molecule has 0 spiro atoms. The van der Waals surface area contributed by atoms with Crippen LogP contribution in [0, 0.1) is 17.5 Å². The number of hydroxylamine groups is 1.